The van der Waals surface area contributed by atoms with Crippen LogP contribution in [0.15, 0.2) is 67.0 Å². The number of pyridine rings is 2. The Hall–Kier alpha value is -3.28. The molecule has 1 aromatic carbocycles. The highest BCUT2D eigenvalue weighted by Crippen LogP contribution is 2.11. The zero-order valence-electron chi connectivity index (χ0n) is 12.6. The van der Waals surface area contributed by atoms with Gasteiger partial charge in [-0.05, 0) is 36.4 Å². The van der Waals surface area contributed by atoms with E-state index in [1.165, 1.54) is 18.3 Å². The molecule has 6 heteroatoms. The number of carbonyl (C=O) groups excluding carboxylic acids is 1. The predicted molar refractivity (Wildman–Crippen MR) is 87.2 cm³/mol. The van der Waals surface area contributed by atoms with Crippen molar-refractivity contribution in [3.8, 4) is 5.75 Å². The van der Waals surface area contributed by atoms with E-state index in [-0.39, 0.29) is 11.7 Å². The largest absolute Gasteiger partial charge is 0.487 e. The first kappa shape index (κ1) is 15.6. The zero-order valence-corrected chi connectivity index (χ0v) is 12.6. The van der Waals surface area contributed by atoms with Crippen LogP contribution in [0.5, 0.6) is 5.75 Å². The highest BCUT2D eigenvalue weighted by Gasteiger charge is 2.08. The van der Waals surface area contributed by atoms with Crippen LogP contribution in [0.25, 0.3) is 0 Å². The van der Waals surface area contributed by atoms with Crippen molar-refractivity contribution in [3.63, 3.8) is 0 Å². The molecule has 2 aromatic heterocycles. The minimum absolute atomic E-state index is 0.276. The summed E-state index contributed by atoms with van der Waals surface area (Å²) in [5, 5.41) is 2.57. The Morgan fingerprint density at radius 1 is 1.00 bits per heavy atom. The fraction of sp³-hybridized carbons (Fsp3) is 0.0556. The van der Waals surface area contributed by atoms with Crippen molar-refractivity contribution in [2.75, 3.05) is 5.32 Å². The van der Waals surface area contributed by atoms with Crippen molar-refractivity contribution in [2.45, 2.75) is 6.61 Å². The van der Waals surface area contributed by atoms with E-state index in [9.17, 15) is 9.18 Å². The number of carbonyl (C=O) groups is 1. The number of hydrogen-bond donors (Lipinski definition) is 1. The summed E-state index contributed by atoms with van der Waals surface area (Å²) >= 11 is 0. The predicted octanol–water partition coefficient (Wildman–Crippen LogP) is 3.45. The second kappa shape index (κ2) is 7.32. The van der Waals surface area contributed by atoms with Crippen LogP contribution < -0.4 is 10.1 Å². The summed E-state index contributed by atoms with van der Waals surface area (Å²) in [5.74, 6) is 0.205. The highest BCUT2D eigenvalue weighted by molar-refractivity contribution is 6.03. The first-order valence-electron chi connectivity index (χ1n) is 7.26. The van der Waals surface area contributed by atoms with Gasteiger partial charge < -0.3 is 10.1 Å². The molecule has 5 nitrogen and oxygen atoms in total. The van der Waals surface area contributed by atoms with Gasteiger partial charge >= 0.3 is 0 Å². The monoisotopic (exact) mass is 323 g/mol. The molecule has 24 heavy (non-hydrogen) atoms. The molecule has 120 valence electrons. The lowest BCUT2D eigenvalue weighted by Gasteiger charge is -2.07. The first-order valence-corrected chi connectivity index (χ1v) is 7.26. The highest BCUT2D eigenvalue weighted by atomic mass is 19.1. The third-order valence-corrected chi connectivity index (χ3v) is 3.19. The fourth-order valence-corrected chi connectivity index (χ4v) is 1.96. The maximum absolute atomic E-state index is 12.8. The molecule has 0 unspecified atom stereocenters. The SMILES string of the molecule is O=C(Nc1ccc(F)cn1)c1ccc(COc2ccccc2)nc1. The van der Waals surface area contributed by atoms with Crippen molar-refractivity contribution in [1.82, 2.24) is 9.97 Å². The number of ether oxygens (including phenoxy) is 1. The molecule has 0 saturated heterocycles. The van der Waals surface area contributed by atoms with Crippen LogP contribution in [0, 0.1) is 5.82 Å². The van der Waals surface area contributed by atoms with E-state index in [2.05, 4.69) is 15.3 Å². The van der Waals surface area contributed by atoms with Gasteiger partial charge in [0.1, 0.15) is 24.0 Å². The van der Waals surface area contributed by atoms with Crippen molar-refractivity contribution in [2.24, 2.45) is 0 Å². The molecular weight excluding hydrogens is 309 g/mol. The number of nitrogens with zero attached hydrogens (tertiary/aromatic N) is 2. The molecule has 3 aromatic rings. The van der Waals surface area contributed by atoms with Crippen molar-refractivity contribution < 1.29 is 13.9 Å². The second-order valence-electron chi connectivity index (χ2n) is 4.96. The minimum atomic E-state index is -0.461. The van der Waals surface area contributed by atoms with Crippen molar-refractivity contribution in [1.29, 1.82) is 0 Å². The molecule has 0 atom stereocenters. The Kier molecular flexibility index (Phi) is 4.76. The third kappa shape index (κ3) is 4.13. The van der Waals surface area contributed by atoms with Crippen LogP contribution in [-0.2, 0) is 6.61 Å². The van der Waals surface area contributed by atoms with Crippen LogP contribution in [0.1, 0.15) is 16.1 Å². The lowest BCUT2D eigenvalue weighted by molar-refractivity contribution is 0.102. The summed E-state index contributed by atoms with van der Waals surface area (Å²) in [6, 6.07) is 15.4. The van der Waals surface area contributed by atoms with Gasteiger partial charge in [0.05, 0.1) is 17.5 Å². The molecule has 0 spiro atoms. The minimum Gasteiger partial charge on any atom is -0.487 e. The molecule has 1 N–H and O–H groups in total. The summed E-state index contributed by atoms with van der Waals surface area (Å²) in [4.78, 5) is 20.1. The quantitative estimate of drug-likeness (QED) is 0.781. The van der Waals surface area contributed by atoms with E-state index in [4.69, 9.17) is 4.74 Å². The van der Waals surface area contributed by atoms with Gasteiger partial charge in [0.2, 0.25) is 0 Å². The number of nitrogens with one attached hydrogen (secondary N) is 1. The van der Waals surface area contributed by atoms with Gasteiger partial charge in [0.25, 0.3) is 5.91 Å². The molecule has 0 radical (unpaired) electrons. The molecule has 0 fully saturated rings. The van der Waals surface area contributed by atoms with E-state index in [1.54, 1.807) is 12.1 Å². The van der Waals surface area contributed by atoms with E-state index in [1.807, 2.05) is 30.3 Å². The summed E-state index contributed by atoms with van der Waals surface area (Å²) in [7, 11) is 0. The number of para-hydroxylation sites is 1. The Bertz CT molecular complexity index is 806. The molecule has 0 aliphatic rings. The van der Waals surface area contributed by atoms with E-state index in [0.717, 1.165) is 11.9 Å². The van der Waals surface area contributed by atoms with Crippen LogP contribution in [-0.4, -0.2) is 15.9 Å². The van der Waals surface area contributed by atoms with Crippen molar-refractivity contribution >= 4 is 11.7 Å². The molecule has 3 rings (SSSR count). The van der Waals surface area contributed by atoms with Gasteiger partial charge in [-0.25, -0.2) is 9.37 Å². The normalized spacial score (nSPS) is 10.2. The Balaban J connectivity index is 1.59. The van der Waals surface area contributed by atoms with Gasteiger partial charge in [-0.15, -0.1) is 0 Å². The summed E-state index contributed by atoms with van der Waals surface area (Å²) < 4.78 is 18.4. The first-order chi connectivity index (χ1) is 11.7. The number of aromatic nitrogens is 2. The van der Waals surface area contributed by atoms with E-state index in [0.29, 0.717) is 17.9 Å². The topological polar surface area (TPSA) is 64.1 Å². The van der Waals surface area contributed by atoms with Crippen LogP contribution in [0.2, 0.25) is 0 Å². The Labute approximate surface area is 138 Å². The molecule has 0 saturated carbocycles. The molecule has 0 aliphatic heterocycles. The van der Waals surface area contributed by atoms with Gasteiger partial charge in [-0.1, -0.05) is 18.2 Å². The molecule has 2 heterocycles. The Morgan fingerprint density at radius 3 is 2.50 bits per heavy atom. The number of hydrogen-bond acceptors (Lipinski definition) is 4. The molecular formula is C18H14FN3O2. The molecule has 0 bridgehead atoms. The summed E-state index contributed by atoms with van der Waals surface area (Å²) in [6.07, 6.45) is 2.50. The fourth-order valence-electron chi connectivity index (χ4n) is 1.96. The van der Waals surface area contributed by atoms with Gasteiger partial charge in [-0.3, -0.25) is 9.78 Å². The second-order valence-corrected chi connectivity index (χ2v) is 4.96. The van der Waals surface area contributed by atoms with Gasteiger partial charge in [0.15, 0.2) is 0 Å². The van der Waals surface area contributed by atoms with E-state index < -0.39 is 5.82 Å². The zero-order chi connectivity index (χ0) is 16.8. The lowest BCUT2D eigenvalue weighted by Crippen LogP contribution is -2.13. The smallest absolute Gasteiger partial charge is 0.258 e. The maximum Gasteiger partial charge on any atom is 0.258 e. The summed E-state index contributed by atoms with van der Waals surface area (Å²) in [5.41, 5.74) is 1.08. The molecule has 0 aliphatic carbocycles. The van der Waals surface area contributed by atoms with Crippen LogP contribution in [0.3, 0.4) is 0 Å². The standard InChI is InChI=1S/C18H14FN3O2/c19-14-7-9-17(21-11-14)22-18(23)13-6-8-15(20-10-13)12-24-16-4-2-1-3-5-16/h1-11H,12H2,(H,21,22,23). The van der Waals surface area contributed by atoms with Gasteiger partial charge in [-0.2, -0.15) is 0 Å². The van der Waals surface area contributed by atoms with Gasteiger partial charge in [0, 0.05) is 6.20 Å². The van der Waals surface area contributed by atoms with Crippen LogP contribution >= 0.6 is 0 Å². The molecule has 1 amide bonds. The number of rotatable bonds is 5. The average Bonchev–Trinajstić information content (AvgIpc) is 2.63. The van der Waals surface area contributed by atoms with Crippen molar-refractivity contribution in [3.05, 3.63) is 84.1 Å². The average molecular weight is 323 g/mol. The third-order valence-electron chi connectivity index (χ3n) is 3.19. The number of anilines is 1. The van der Waals surface area contributed by atoms with E-state index >= 15 is 0 Å². The number of benzene rings is 1. The maximum atomic E-state index is 12.8. The number of halogens is 1. The number of amides is 1. The summed E-state index contributed by atoms with van der Waals surface area (Å²) in [6.45, 7) is 0.311. The van der Waals surface area contributed by atoms with Crippen LogP contribution in [0.4, 0.5) is 10.2 Å². The Morgan fingerprint density at radius 2 is 1.83 bits per heavy atom. The lowest BCUT2D eigenvalue weighted by atomic mass is 10.2.